The van der Waals surface area contributed by atoms with Crippen LogP contribution in [-0.2, 0) is 13.0 Å². The van der Waals surface area contributed by atoms with Crippen LogP contribution < -0.4 is 15.5 Å². The fraction of sp³-hybridized carbons (Fsp3) is 0.435. The molecule has 0 atom stereocenters. The average molecular weight is 411 g/mol. The third-order valence-electron chi connectivity index (χ3n) is 4.87. The number of rotatable bonds is 9. The van der Waals surface area contributed by atoms with Crippen molar-refractivity contribution in [1.82, 2.24) is 20.5 Å². The van der Waals surface area contributed by atoms with Gasteiger partial charge in [-0.1, -0.05) is 18.2 Å². The molecule has 0 unspecified atom stereocenters. The summed E-state index contributed by atoms with van der Waals surface area (Å²) in [5.41, 5.74) is 2.92. The summed E-state index contributed by atoms with van der Waals surface area (Å²) in [5, 5.41) is 6.64. The molecule has 0 radical (unpaired) electrons. The third-order valence-corrected chi connectivity index (χ3v) is 4.87. The Balaban J connectivity index is 1.83. The molecule has 2 rings (SSSR count). The zero-order chi connectivity index (χ0) is 21.9. The summed E-state index contributed by atoms with van der Waals surface area (Å²) in [5.74, 6) is 1.76. The molecule has 2 aromatic rings. The topological polar surface area (TPSA) is 72.9 Å². The van der Waals surface area contributed by atoms with Crippen LogP contribution in [0, 0.1) is 0 Å². The summed E-state index contributed by atoms with van der Waals surface area (Å²) in [7, 11) is 5.28. The van der Waals surface area contributed by atoms with Crippen LogP contribution in [0.2, 0.25) is 0 Å². The van der Waals surface area contributed by atoms with Crippen LogP contribution in [0.3, 0.4) is 0 Å². The zero-order valence-corrected chi connectivity index (χ0v) is 18.8. The number of hydrogen-bond donors (Lipinski definition) is 2. The number of nitrogens with zero attached hydrogens (tertiary/aromatic N) is 4. The maximum Gasteiger partial charge on any atom is 0.253 e. The molecule has 1 aromatic heterocycles. The van der Waals surface area contributed by atoms with Crippen molar-refractivity contribution in [2.24, 2.45) is 4.99 Å². The van der Waals surface area contributed by atoms with Gasteiger partial charge in [0.2, 0.25) is 0 Å². The molecule has 1 amide bonds. The maximum absolute atomic E-state index is 12.1. The summed E-state index contributed by atoms with van der Waals surface area (Å²) in [6, 6.07) is 11.9. The number of guanidine groups is 1. The first-order valence-electron chi connectivity index (χ1n) is 10.4. The largest absolute Gasteiger partial charge is 0.357 e. The van der Waals surface area contributed by atoms with Crippen LogP contribution in [0.1, 0.15) is 35.3 Å². The Morgan fingerprint density at radius 1 is 1.07 bits per heavy atom. The van der Waals surface area contributed by atoms with E-state index in [0.29, 0.717) is 12.1 Å². The molecule has 7 nitrogen and oxygen atoms in total. The number of anilines is 1. The number of aliphatic imine (C=N–C) groups is 1. The molecule has 0 aliphatic carbocycles. The third kappa shape index (κ3) is 6.76. The number of carbonyl (C=O) groups excluding carboxylic acids is 1. The number of amides is 1. The lowest BCUT2D eigenvalue weighted by molar-refractivity contribution is 0.0827. The van der Waals surface area contributed by atoms with Gasteiger partial charge in [0.15, 0.2) is 5.96 Å². The SMILES string of the molecule is CCN(CC)c1ccc(CNC(=NC)NCCc2cccc(C(=O)N(C)C)c2)cn1. The van der Waals surface area contributed by atoms with Gasteiger partial charge in [-0.25, -0.2) is 4.98 Å². The van der Waals surface area contributed by atoms with Crippen molar-refractivity contribution in [2.75, 3.05) is 45.7 Å². The Bertz CT molecular complexity index is 828. The zero-order valence-electron chi connectivity index (χ0n) is 18.8. The van der Waals surface area contributed by atoms with E-state index in [0.717, 1.165) is 49.0 Å². The predicted molar refractivity (Wildman–Crippen MR) is 124 cm³/mol. The summed E-state index contributed by atoms with van der Waals surface area (Å²) >= 11 is 0. The molecule has 30 heavy (non-hydrogen) atoms. The highest BCUT2D eigenvalue weighted by Gasteiger charge is 2.08. The van der Waals surface area contributed by atoms with Crippen molar-refractivity contribution in [3.05, 3.63) is 59.3 Å². The lowest BCUT2D eigenvalue weighted by Gasteiger charge is -2.19. The van der Waals surface area contributed by atoms with Crippen molar-refractivity contribution in [2.45, 2.75) is 26.8 Å². The van der Waals surface area contributed by atoms with E-state index < -0.39 is 0 Å². The lowest BCUT2D eigenvalue weighted by atomic mass is 10.1. The minimum atomic E-state index is 0.0166. The Morgan fingerprint density at radius 3 is 2.43 bits per heavy atom. The molecule has 1 heterocycles. The van der Waals surface area contributed by atoms with E-state index >= 15 is 0 Å². The number of benzene rings is 1. The van der Waals surface area contributed by atoms with Gasteiger partial charge in [0, 0.05) is 59.1 Å². The van der Waals surface area contributed by atoms with Gasteiger partial charge < -0.3 is 20.4 Å². The van der Waals surface area contributed by atoms with Crippen LogP contribution in [0.5, 0.6) is 0 Å². The smallest absolute Gasteiger partial charge is 0.253 e. The first-order chi connectivity index (χ1) is 14.5. The van der Waals surface area contributed by atoms with E-state index in [1.165, 1.54) is 0 Å². The van der Waals surface area contributed by atoms with E-state index in [1.54, 1.807) is 26.0 Å². The average Bonchev–Trinajstić information content (AvgIpc) is 2.77. The van der Waals surface area contributed by atoms with Gasteiger partial charge in [0.25, 0.3) is 5.91 Å². The molecule has 0 saturated carbocycles. The van der Waals surface area contributed by atoms with Gasteiger partial charge in [-0.05, 0) is 49.6 Å². The molecule has 0 aliphatic rings. The van der Waals surface area contributed by atoms with Gasteiger partial charge in [-0.2, -0.15) is 0 Å². The summed E-state index contributed by atoms with van der Waals surface area (Å²) in [4.78, 5) is 24.8. The van der Waals surface area contributed by atoms with E-state index in [9.17, 15) is 4.79 Å². The maximum atomic E-state index is 12.1. The quantitative estimate of drug-likeness (QED) is 0.491. The molecule has 2 N–H and O–H groups in total. The van der Waals surface area contributed by atoms with Gasteiger partial charge in [0.05, 0.1) is 0 Å². The Hall–Kier alpha value is -3.09. The molecule has 7 heteroatoms. The first kappa shape index (κ1) is 23.2. The second kappa shape index (κ2) is 11.8. The van der Waals surface area contributed by atoms with Crippen LogP contribution in [0.25, 0.3) is 0 Å². The number of aromatic nitrogens is 1. The summed E-state index contributed by atoms with van der Waals surface area (Å²) in [6.45, 7) is 7.53. The highest BCUT2D eigenvalue weighted by atomic mass is 16.2. The van der Waals surface area contributed by atoms with Crippen molar-refractivity contribution in [3.8, 4) is 0 Å². The van der Waals surface area contributed by atoms with E-state index in [-0.39, 0.29) is 5.91 Å². The Morgan fingerprint density at radius 2 is 1.83 bits per heavy atom. The molecular formula is C23H34N6O. The fourth-order valence-corrected chi connectivity index (χ4v) is 3.11. The van der Waals surface area contributed by atoms with Gasteiger partial charge in [-0.15, -0.1) is 0 Å². The number of nitrogens with one attached hydrogen (secondary N) is 2. The van der Waals surface area contributed by atoms with E-state index in [1.807, 2.05) is 30.5 Å². The minimum Gasteiger partial charge on any atom is -0.357 e. The normalized spacial score (nSPS) is 11.2. The Labute approximate surface area is 180 Å². The highest BCUT2D eigenvalue weighted by Crippen LogP contribution is 2.11. The van der Waals surface area contributed by atoms with Crippen molar-refractivity contribution in [3.63, 3.8) is 0 Å². The van der Waals surface area contributed by atoms with Crippen molar-refractivity contribution >= 4 is 17.7 Å². The van der Waals surface area contributed by atoms with Gasteiger partial charge in [0.1, 0.15) is 5.82 Å². The molecular weight excluding hydrogens is 376 g/mol. The predicted octanol–water partition coefficient (Wildman–Crippen LogP) is 2.54. The molecule has 162 valence electrons. The molecule has 0 saturated heterocycles. The molecule has 0 fully saturated rings. The fourth-order valence-electron chi connectivity index (χ4n) is 3.11. The summed E-state index contributed by atoms with van der Waals surface area (Å²) < 4.78 is 0. The van der Waals surface area contributed by atoms with E-state index in [2.05, 4.69) is 51.5 Å². The number of hydrogen-bond acceptors (Lipinski definition) is 4. The summed E-state index contributed by atoms with van der Waals surface area (Å²) in [6.07, 6.45) is 2.70. The molecule has 0 aliphatic heterocycles. The van der Waals surface area contributed by atoms with Gasteiger partial charge in [-0.3, -0.25) is 9.79 Å². The molecule has 1 aromatic carbocycles. The first-order valence-corrected chi connectivity index (χ1v) is 10.4. The van der Waals surface area contributed by atoms with Crippen LogP contribution in [0.4, 0.5) is 5.82 Å². The van der Waals surface area contributed by atoms with Crippen LogP contribution in [-0.4, -0.2) is 62.5 Å². The second-order valence-corrected chi connectivity index (χ2v) is 7.20. The van der Waals surface area contributed by atoms with Gasteiger partial charge >= 0.3 is 0 Å². The van der Waals surface area contributed by atoms with E-state index in [4.69, 9.17) is 0 Å². The number of carbonyl (C=O) groups is 1. The standard InChI is InChI=1S/C23H34N6O/c1-6-29(7-2)21-12-11-19(16-26-21)17-27-23(24-3)25-14-13-18-9-8-10-20(15-18)22(30)28(4)5/h8-12,15-16H,6-7,13-14,17H2,1-5H3,(H2,24,25,27). The highest BCUT2D eigenvalue weighted by molar-refractivity contribution is 5.94. The van der Waals surface area contributed by atoms with Crippen LogP contribution >= 0.6 is 0 Å². The lowest BCUT2D eigenvalue weighted by Crippen LogP contribution is -2.37. The minimum absolute atomic E-state index is 0.0166. The molecule has 0 bridgehead atoms. The van der Waals surface area contributed by atoms with Crippen LogP contribution in [0.15, 0.2) is 47.6 Å². The Kier molecular flexibility index (Phi) is 9.12. The second-order valence-electron chi connectivity index (χ2n) is 7.20. The molecule has 0 spiro atoms. The van der Waals surface area contributed by atoms with Crippen molar-refractivity contribution < 1.29 is 4.79 Å². The monoisotopic (exact) mass is 410 g/mol. The van der Waals surface area contributed by atoms with Crippen molar-refractivity contribution in [1.29, 1.82) is 0 Å². The number of pyridine rings is 1.